The highest BCUT2D eigenvalue weighted by Gasteiger charge is 2.19. The average Bonchev–Trinajstić information content (AvgIpc) is 2.90. The summed E-state index contributed by atoms with van der Waals surface area (Å²) in [5.41, 5.74) is 12.2. The van der Waals surface area contributed by atoms with Gasteiger partial charge >= 0.3 is 0 Å². The zero-order chi connectivity index (χ0) is 12.4. The van der Waals surface area contributed by atoms with Crippen molar-refractivity contribution in [3.05, 3.63) is 66.0 Å². The number of rotatable bonds is 2. The van der Waals surface area contributed by atoms with Crippen molar-refractivity contribution in [3.8, 4) is 0 Å². The molecule has 0 saturated carbocycles. The molecular formula is C14H13N3O. The minimum atomic E-state index is -0.154. The van der Waals surface area contributed by atoms with Crippen LogP contribution in [0, 0.1) is 0 Å². The molecule has 0 radical (unpaired) electrons. The van der Waals surface area contributed by atoms with Gasteiger partial charge in [-0.15, -0.1) is 0 Å². The van der Waals surface area contributed by atoms with Crippen molar-refractivity contribution in [1.82, 2.24) is 10.5 Å². The summed E-state index contributed by atoms with van der Waals surface area (Å²) in [6, 6.07) is 13.4. The van der Waals surface area contributed by atoms with Crippen LogP contribution in [-0.2, 0) is 4.84 Å². The number of hydrogen-bond acceptors (Lipinski definition) is 4. The van der Waals surface area contributed by atoms with Crippen LogP contribution < -0.4 is 11.2 Å². The number of nitrogens with one attached hydrogen (secondary N) is 1. The Morgan fingerprint density at radius 1 is 1.11 bits per heavy atom. The summed E-state index contributed by atoms with van der Waals surface area (Å²) in [6.45, 7) is 0. The van der Waals surface area contributed by atoms with E-state index in [1.54, 1.807) is 6.20 Å². The van der Waals surface area contributed by atoms with Crippen molar-refractivity contribution in [2.45, 2.75) is 6.10 Å². The molecule has 3 rings (SSSR count). The van der Waals surface area contributed by atoms with E-state index in [2.05, 4.69) is 10.5 Å². The Hall–Kier alpha value is -2.33. The number of hydrogen-bond donors (Lipinski definition) is 2. The fraction of sp³-hybridized carbons (Fsp3) is 0.0714. The fourth-order valence-electron chi connectivity index (χ4n) is 1.85. The van der Waals surface area contributed by atoms with Gasteiger partial charge in [0, 0.05) is 11.9 Å². The highest BCUT2D eigenvalue weighted by Crippen LogP contribution is 2.27. The summed E-state index contributed by atoms with van der Waals surface area (Å²) in [5.74, 6) is 0. The van der Waals surface area contributed by atoms with E-state index in [0.717, 1.165) is 22.6 Å². The lowest BCUT2D eigenvalue weighted by atomic mass is 10.1. The average molecular weight is 239 g/mol. The molecule has 1 aliphatic rings. The van der Waals surface area contributed by atoms with Crippen molar-refractivity contribution in [2.75, 3.05) is 5.73 Å². The predicted octanol–water partition coefficient (Wildman–Crippen LogP) is 2.28. The van der Waals surface area contributed by atoms with Gasteiger partial charge in [0.2, 0.25) is 0 Å². The molecule has 2 heterocycles. The third kappa shape index (κ3) is 2.06. The van der Waals surface area contributed by atoms with Gasteiger partial charge in [0.25, 0.3) is 0 Å². The lowest BCUT2D eigenvalue weighted by Gasteiger charge is -2.06. The standard InChI is InChI=1S/C14H13N3O/c15-11-6-4-10(5-7-11)13-9-14(18-17-13)12-3-1-2-8-16-12/h1-9,14,17H,15H2. The van der Waals surface area contributed by atoms with Crippen molar-refractivity contribution >= 4 is 11.4 Å². The maximum Gasteiger partial charge on any atom is 0.148 e. The first-order chi connectivity index (χ1) is 8.83. The second-order valence-corrected chi connectivity index (χ2v) is 4.10. The summed E-state index contributed by atoms with van der Waals surface area (Å²) in [4.78, 5) is 9.77. The minimum absolute atomic E-state index is 0.154. The normalized spacial score (nSPS) is 18.2. The van der Waals surface area contributed by atoms with E-state index in [4.69, 9.17) is 10.6 Å². The molecule has 0 fully saturated rings. The number of anilines is 1. The molecular weight excluding hydrogens is 226 g/mol. The maximum atomic E-state index is 5.66. The van der Waals surface area contributed by atoms with Crippen molar-refractivity contribution in [3.63, 3.8) is 0 Å². The highest BCUT2D eigenvalue weighted by atomic mass is 16.7. The molecule has 1 unspecified atom stereocenters. The Labute approximate surface area is 105 Å². The molecule has 0 amide bonds. The summed E-state index contributed by atoms with van der Waals surface area (Å²) in [7, 11) is 0. The van der Waals surface area contributed by atoms with Gasteiger partial charge in [-0.05, 0) is 35.9 Å². The van der Waals surface area contributed by atoms with E-state index < -0.39 is 0 Å². The van der Waals surface area contributed by atoms with Gasteiger partial charge in [-0.3, -0.25) is 15.3 Å². The Kier molecular flexibility index (Phi) is 2.70. The van der Waals surface area contributed by atoms with Crippen LogP contribution in [0.2, 0.25) is 0 Å². The number of aromatic nitrogens is 1. The molecule has 0 saturated heterocycles. The smallest absolute Gasteiger partial charge is 0.148 e. The zero-order valence-electron chi connectivity index (χ0n) is 9.71. The minimum Gasteiger partial charge on any atom is -0.399 e. The summed E-state index contributed by atoms with van der Waals surface area (Å²) < 4.78 is 0. The molecule has 1 aromatic carbocycles. The SMILES string of the molecule is Nc1ccc(C2=CC(c3ccccn3)ON2)cc1. The first kappa shape index (κ1) is 10.8. The predicted molar refractivity (Wildman–Crippen MR) is 70.0 cm³/mol. The molecule has 4 heteroatoms. The van der Waals surface area contributed by atoms with Crippen LogP contribution in [0.1, 0.15) is 17.4 Å². The number of benzene rings is 1. The highest BCUT2D eigenvalue weighted by molar-refractivity contribution is 5.66. The second-order valence-electron chi connectivity index (χ2n) is 4.10. The topological polar surface area (TPSA) is 60.2 Å². The Morgan fingerprint density at radius 2 is 1.94 bits per heavy atom. The van der Waals surface area contributed by atoms with Gasteiger partial charge in [-0.1, -0.05) is 18.2 Å². The molecule has 0 aliphatic carbocycles. The maximum absolute atomic E-state index is 5.66. The molecule has 0 spiro atoms. The molecule has 1 atom stereocenters. The van der Waals surface area contributed by atoms with E-state index >= 15 is 0 Å². The van der Waals surface area contributed by atoms with Crippen molar-refractivity contribution in [2.24, 2.45) is 0 Å². The number of nitrogen functional groups attached to an aromatic ring is 1. The number of nitrogens with two attached hydrogens (primary N) is 1. The van der Waals surface area contributed by atoms with E-state index in [9.17, 15) is 0 Å². The first-order valence-corrected chi connectivity index (χ1v) is 5.73. The van der Waals surface area contributed by atoms with Crippen molar-refractivity contribution < 1.29 is 4.84 Å². The Morgan fingerprint density at radius 3 is 2.67 bits per heavy atom. The molecule has 90 valence electrons. The molecule has 2 aromatic rings. The summed E-state index contributed by atoms with van der Waals surface area (Å²) in [5, 5.41) is 0. The van der Waals surface area contributed by atoms with Crippen LogP contribution in [0.5, 0.6) is 0 Å². The van der Waals surface area contributed by atoms with Crippen LogP contribution in [0.4, 0.5) is 5.69 Å². The van der Waals surface area contributed by atoms with Gasteiger partial charge in [-0.2, -0.15) is 0 Å². The van der Waals surface area contributed by atoms with E-state index in [1.807, 2.05) is 48.5 Å². The third-order valence-electron chi connectivity index (χ3n) is 2.81. The molecule has 3 N–H and O–H groups in total. The van der Waals surface area contributed by atoms with Gasteiger partial charge in [0.05, 0.1) is 11.4 Å². The molecule has 18 heavy (non-hydrogen) atoms. The third-order valence-corrected chi connectivity index (χ3v) is 2.81. The van der Waals surface area contributed by atoms with Crippen LogP contribution in [0.25, 0.3) is 5.70 Å². The Bertz CT molecular complexity index is 563. The molecule has 0 bridgehead atoms. The van der Waals surface area contributed by atoms with E-state index in [-0.39, 0.29) is 6.10 Å². The lowest BCUT2D eigenvalue weighted by Crippen LogP contribution is -2.08. The van der Waals surface area contributed by atoms with Crippen LogP contribution in [0.3, 0.4) is 0 Å². The van der Waals surface area contributed by atoms with Gasteiger partial charge in [0.15, 0.2) is 0 Å². The summed E-state index contributed by atoms with van der Waals surface area (Å²) in [6.07, 6.45) is 3.61. The van der Waals surface area contributed by atoms with Crippen molar-refractivity contribution in [1.29, 1.82) is 0 Å². The molecule has 4 nitrogen and oxygen atoms in total. The van der Waals surface area contributed by atoms with Gasteiger partial charge in [-0.25, -0.2) is 0 Å². The number of pyridine rings is 1. The van der Waals surface area contributed by atoms with Crippen LogP contribution in [0.15, 0.2) is 54.7 Å². The molecule has 1 aliphatic heterocycles. The van der Waals surface area contributed by atoms with Crippen LogP contribution in [-0.4, -0.2) is 4.98 Å². The van der Waals surface area contributed by atoms with Crippen LogP contribution >= 0.6 is 0 Å². The van der Waals surface area contributed by atoms with Gasteiger partial charge in [0.1, 0.15) is 6.10 Å². The number of nitrogens with zero attached hydrogens (tertiary/aromatic N) is 1. The lowest BCUT2D eigenvalue weighted by molar-refractivity contribution is 0.0487. The molecule has 1 aromatic heterocycles. The number of hydroxylamine groups is 1. The Balaban J connectivity index is 1.86. The first-order valence-electron chi connectivity index (χ1n) is 5.73. The van der Waals surface area contributed by atoms with E-state index in [1.165, 1.54) is 0 Å². The van der Waals surface area contributed by atoms with E-state index in [0.29, 0.717) is 0 Å². The summed E-state index contributed by atoms with van der Waals surface area (Å²) >= 11 is 0. The zero-order valence-corrected chi connectivity index (χ0v) is 9.71. The fourth-order valence-corrected chi connectivity index (χ4v) is 1.85. The van der Waals surface area contributed by atoms with Gasteiger partial charge < -0.3 is 5.73 Å². The largest absolute Gasteiger partial charge is 0.399 e. The quantitative estimate of drug-likeness (QED) is 0.789. The second kappa shape index (κ2) is 4.50. The monoisotopic (exact) mass is 239 g/mol.